The molecule has 1 aliphatic rings. The third-order valence-corrected chi connectivity index (χ3v) is 3.83. The largest absolute Gasteiger partial charge is 0.437 e. The van der Waals surface area contributed by atoms with Gasteiger partial charge in [0.2, 0.25) is 6.23 Å². The molecule has 1 amide bonds. The van der Waals surface area contributed by atoms with Crippen molar-refractivity contribution in [2.24, 2.45) is 0 Å². The first kappa shape index (κ1) is 16.5. The molecule has 1 unspecified atom stereocenters. The van der Waals surface area contributed by atoms with Gasteiger partial charge in [0.05, 0.1) is 0 Å². The van der Waals surface area contributed by atoms with Crippen LogP contribution in [0.5, 0.6) is 0 Å². The summed E-state index contributed by atoms with van der Waals surface area (Å²) in [4.78, 5) is 25.2. The Kier molecular flexibility index (Phi) is 4.33. The quantitative estimate of drug-likeness (QED) is 0.798. The Morgan fingerprint density at radius 2 is 2.14 bits per heavy atom. The van der Waals surface area contributed by atoms with E-state index in [0.717, 1.165) is 0 Å². The van der Waals surface area contributed by atoms with Gasteiger partial charge in [-0.05, 0) is 6.92 Å². The minimum Gasteiger partial charge on any atom is -0.437 e. The number of halogens is 1. The molecule has 6 nitrogen and oxygen atoms in total. The zero-order chi connectivity index (χ0) is 16.7. The maximum atomic E-state index is 12.3. The van der Waals surface area contributed by atoms with Gasteiger partial charge in [0, 0.05) is 23.5 Å². The molecule has 2 heterocycles. The van der Waals surface area contributed by atoms with E-state index in [-0.39, 0.29) is 22.7 Å². The number of ether oxygens (including phenoxy) is 1. The Bertz CT molecular complexity index is 642. The number of rotatable bonds is 3. The summed E-state index contributed by atoms with van der Waals surface area (Å²) in [6, 6.07) is 1.66. The van der Waals surface area contributed by atoms with Crippen molar-refractivity contribution in [2.75, 3.05) is 4.90 Å². The molecule has 0 N–H and O–H groups in total. The molecule has 22 heavy (non-hydrogen) atoms. The standard InChI is InChI=1S/C15H19ClN2O4/c1-6-11(19)21-14-8(2)12(16)13(20)18(14)10-7-9(22-17-10)15(3,4)5/h7,14H,6H2,1-5H3. The van der Waals surface area contributed by atoms with Gasteiger partial charge in [-0.15, -0.1) is 0 Å². The summed E-state index contributed by atoms with van der Waals surface area (Å²) in [5.41, 5.74) is 0.226. The molecule has 1 aromatic heterocycles. The Morgan fingerprint density at radius 3 is 2.64 bits per heavy atom. The molecule has 1 aliphatic heterocycles. The highest BCUT2D eigenvalue weighted by Gasteiger charge is 2.41. The van der Waals surface area contributed by atoms with Gasteiger partial charge in [0.15, 0.2) is 5.82 Å². The highest BCUT2D eigenvalue weighted by atomic mass is 35.5. The molecule has 7 heteroatoms. The zero-order valence-corrected chi connectivity index (χ0v) is 14.0. The fraction of sp³-hybridized carbons (Fsp3) is 0.533. The molecule has 0 saturated carbocycles. The molecule has 2 rings (SSSR count). The second-order valence-corrected chi connectivity index (χ2v) is 6.55. The molecule has 1 atom stereocenters. The van der Waals surface area contributed by atoms with Crippen LogP contribution in [0.2, 0.25) is 0 Å². The average molecular weight is 327 g/mol. The van der Waals surface area contributed by atoms with Crippen LogP contribution < -0.4 is 4.90 Å². The minimum atomic E-state index is -0.884. The molecule has 0 aliphatic carbocycles. The maximum Gasteiger partial charge on any atom is 0.307 e. The fourth-order valence-electron chi connectivity index (χ4n) is 1.99. The van der Waals surface area contributed by atoms with E-state index in [1.54, 1.807) is 19.9 Å². The topological polar surface area (TPSA) is 72.6 Å². The van der Waals surface area contributed by atoms with E-state index in [1.165, 1.54) is 4.90 Å². The Morgan fingerprint density at radius 1 is 1.50 bits per heavy atom. The first-order chi connectivity index (χ1) is 10.2. The van der Waals surface area contributed by atoms with Crippen molar-refractivity contribution in [3.8, 4) is 0 Å². The molecular formula is C15H19ClN2O4. The number of amides is 1. The molecule has 0 bridgehead atoms. The van der Waals surface area contributed by atoms with Crippen LogP contribution in [-0.2, 0) is 19.7 Å². The number of carbonyl (C=O) groups excluding carboxylic acids is 2. The highest BCUT2D eigenvalue weighted by molar-refractivity contribution is 6.45. The number of aromatic nitrogens is 1. The van der Waals surface area contributed by atoms with Gasteiger partial charge in [0.1, 0.15) is 10.8 Å². The summed E-state index contributed by atoms with van der Waals surface area (Å²) in [7, 11) is 0. The van der Waals surface area contributed by atoms with E-state index in [2.05, 4.69) is 5.16 Å². The Labute approximate surface area is 134 Å². The van der Waals surface area contributed by atoms with Crippen LogP contribution in [0, 0.1) is 0 Å². The van der Waals surface area contributed by atoms with E-state index in [0.29, 0.717) is 11.3 Å². The lowest BCUT2D eigenvalue weighted by molar-refractivity contribution is -0.147. The van der Waals surface area contributed by atoms with Crippen LogP contribution in [-0.4, -0.2) is 23.3 Å². The molecule has 0 fully saturated rings. The van der Waals surface area contributed by atoms with Crippen molar-refractivity contribution in [2.45, 2.75) is 52.7 Å². The Balaban J connectivity index is 2.37. The summed E-state index contributed by atoms with van der Waals surface area (Å²) < 4.78 is 10.6. The number of carbonyl (C=O) groups is 2. The predicted molar refractivity (Wildman–Crippen MR) is 81.4 cm³/mol. The average Bonchev–Trinajstić information content (AvgIpc) is 3.00. The Hall–Kier alpha value is -1.82. The second kappa shape index (κ2) is 5.76. The highest BCUT2D eigenvalue weighted by Crippen LogP contribution is 2.35. The molecular weight excluding hydrogens is 308 g/mol. The lowest BCUT2D eigenvalue weighted by Gasteiger charge is -2.23. The van der Waals surface area contributed by atoms with Crippen molar-refractivity contribution in [3.05, 3.63) is 22.4 Å². The van der Waals surface area contributed by atoms with Gasteiger partial charge in [-0.25, -0.2) is 4.90 Å². The molecule has 0 aromatic carbocycles. The summed E-state index contributed by atoms with van der Waals surface area (Å²) in [6.07, 6.45) is -0.680. The van der Waals surface area contributed by atoms with Crippen molar-refractivity contribution < 1.29 is 18.8 Å². The summed E-state index contributed by atoms with van der Waals surface area (Å²) in [6.45, 7) is 9.23. The number of hydrogen-bond donors (Lipinski definition) is 0. The molecule has 1 aromatic rings. The molecule has 0 saturated heterocycles. The minimum absolute atomic E-state index is 0.0363. The van der Waals surface area contributed by atoms with E-state index in [1.807, 2.05) is 20.8 Å². The van der Waals surface area contributed by atoms with Crippen molar-refractivity contribution in [3.63, 3.8) is 0 Å². The third kappa shape index (κ3) is 2.88. The third-order valence-electron chi connectivity index (χ3n) is 3.37. The van der Waals surface area contributed by atoms with Crippen LogP contribution in [0.25, 0.3) is 0 Å². The van der Waals surface area contributed by atoms with E-state index >= 15 is 0 Å². The normalized spacial score (nSPS) is 19.1. The number of esters is 1. The van der Waals surface area contributed by atoms with Gasteiger partial charge in [0.25, 0.3) is 5.91 Å². The zero-order valence-electron chi connectivity index (χ0n) is 13.3. The first-order valence-corrected chi connectivity index (χ1v) is 7.41. The SMILES string of the molecule is CCC(=O)OC1C(C)=C(Cl)C(=O)N1c1cc(C(C)(C)C)on1. The van der Waals surface area contributed by atoms with Gasteiger partial charge in [-0.1, -0.05) is 44.5 Å². The number of nitrogens with zero attached hydrogens (tertiary/aromatic N) is 2. The van der Waals surface area contributed by atoms with Crippen molar-refractivity contribution in [1.82, 2.24) is 5.16 Å². The van der Waals surface area contributed by atoms with E-state index < -0.39 is 18.1 Å². The molecule has 0 radical (unpaired) electrons. The van der Waals surface area contributed by atoms with Gasteiger partial charge >= 0.3 is 5.97 Å². The van der Waals surface area contributed by atoms with E-state index in [4.69, 9.17) is 20.9 Å². The molecule has 0 spiro atoms. The lowest BCUT2D eigenvalue weighted by atomic mass is 9.93. The van der Waals surface area contributed by atoms with Crippen LogP contribution >= 0.6 is 11.6 Å². The molecule has 120 valence electrons. The first-order valence-electron chi connectivity index (χ1n) is 7.03. The van der Waals surface area contributed by atoms with Crippen molar-refractivity contribution in [1.29, 1.82) is 0 Å². The van der Waals surface area contributed by atoms with Gasteiger partial charge in [-0.2, -0.15) is 0 Å². The predicted octanol–water partition coefficient (Wildman–Crippen LogP) is 3.11. The van der Waals surface area contributed by atoms with Gasteiger partial charge in [-0.3, -0.25) is 9.59 Å². The second-order valence-electron chi connectivity index (χ2n) is 6.17. The number of anilines is 1. The van der Waals surface area contributed by atoms with Gasteiger partial charge < -0.3 is 9.26 Å². The maximum absolute atomic E-state index is 12.3. The van der Waals surface area contributed by atoms with Crippen LogP contribution in [0.4, 0.5) is 5.82 Å². The summed E-state index contributed by atoms with van der Waals surface area (Å²) in [5.74, 6) is 0.0188. The monoisotopic (exact) mass is 326 g/mol. The summed E-state index contributed by atoms with van der Waals surface area (Å²) >= 11 is 6.01. The summed E-state index contributed by atoms with van der Waals surface area (Å²) in [5, 5.41) is 3.96. The number of hydrogen-bond acceptors (Lipinski definition) is 5. The van der Waals surface area contributed by atoms with Crippen LogP contribution in [0.1, 0.15) is 46.8 Å². The van der Waals surface area contributed by atoms with Crippen molar-refractivity contribution >= 4 is 29.3 Å². The smallest absolute Gasteiger partial charge is 0.307 e. The van der Waals surface area contributed by atoms with E-state index in [9.17, 15) is 9.59 Å². The van der Waals surface area contributed by atoms with Crippen LogP contribution in [0.3, 0.4) is 0 Å². The lowest BCUT2D eigenvalue weighted by Crippen LogP contribution is -2.38. The fourth-order valence-corrected chi connectivity index (χ4v) is 2.17. The van der Waals surface area contributed by atoms with Crippen LogP contribution in [0.15, 0.2) is 21.2 Å².